The molecule has 146 valence electrons. The lowest BCUT2D eigenvalue weighted by Gasteiger charge is -2.20. The molecule has 1 amide bonds. The van der Waals surface area contributed by atoms with E-state index >= 15 is 0 Å². The minimum Gasteiger partial charge on any atom is -0.481 e. The van der Waals surface area contributed by atoms with Crippen LogP contribution >= 0.6 is 0 Å². The van der Waals surface area contributed by atoms with E-state index in [9.17, 15) is 19.5 Å². The van der Waals surface area contributed by atoms with Gasteiger partial charge in [-0.05, 0) is 37.3 Å². The van der Waals surface area contributed by atoms with Crippen LogP contribution in [0.4, 0.5) is 4.79 Å². The number of nitrogens with one attached hydrogen (secondary N) is 1. The number of para-hydroxylation sites is 1. The molecule has 0 aliphatic rings. The lowest BCUT2D eigenvalue weighted by atomic mass is 9.93. The summed E-state index contributed by atoms with van der Waals surface area (Å²) >= 11 is 0. The van der Waals surface area contributed by atoms with Gasteiger partial charge in [-0.15, -0.1) is 0 Å². The normalized spacial score (nSPS) is 13.5. The fourth-order valence-corrected chi connectivity index (χ4v) is 3.38. The summed E-state index contributed by atoms with van der Waals surface area (Å²) in [4.78, 5) is 35.0. The van der Waals surface area contributed by atoms with E-state index in [-0.39, 0.29) is 24.3 Å². The van der Waals surface area contributed by atoms with Gasteiger partial charge in [-0.25, -0.2) is 4.79 Å². The van der Waals surface area contributed by atoms with Gasteiger partial charge < -0.3 is 15.5 Å². The number of rotatable bonds is 8. The molecule has 2 aromatic rings. The predicted octanol–water partition coefficient (Wildman–Crippen LogP) is 3.35. The zero-order chi connectivity index (χ0) is 20.1. The van der Waals surface area contributed by atoms with E-state index in [1.807, 2.05) is 32.9 Å². The van der Waals surface area contributed by atoms with Crippen LogP contribution in [0.5, 0.6) is 0 Å². The van der Waals surface area contributed by atoms with E-state index in [1.54, 1.807) is 18.3 Å². The van der Waals surface area contributed by atoms with E-state index < -0.39 is 18.0 Å². The molecule has 7 heteroatoms. The molecule has 0 fully saturated rings. The zero-order valence-electron chi connectivity index (χ0n) is 15.8. The van der Waals surface area contributed by atoms with Gasteiger partial charge in [0.25, 0.3) is 0 Å². The van der Waals surface area contributed by atoms with Gasteiger partial charge in [0, 0.05) is 23.5 Å². The fraction of sp³-hybridized carbons (Fsp3) is 0.450. The SMILES string of the molecule is CC(C)C[C@H](CC(=O)O)C(=O)N[C@H](C)Cc1cn(C(=O)O)c2ccccc12. The van der Waals surface area contributed by atoms with Gasteiger partial charge in [-0.2, -0.15) is 0 Å². The second kappa shape index (κ2) is 8.70. The fourth-order valence-electron chi connectivity index (χ4n) is 3.38. The zero-order valence-corrected chi connectivity index (χ0v) is 15.8. The Hall–Kier alpha value is -2.83. The Balaban J connectivity index is 2.14. The van der Waals surface area contributed by atoms with Crippen LogP contribution in [0.25, 0.3) is 10.9 Å². The maximum absolute atomic E-state index is 12.5. The van der Waals surface area contributed by atoms with Crippen molar-refractivity contribution < 1.29 is 24.6 Å². The van der Waals surface area contributed by atoms with Gasteiger partial charge >= 0.3 is 12.1 Å². The van der Waals surface area contributed by atoms with Crippen molar-refractivity contribution in [1.82, 2.24) is 9.88 Å². The quantitative estimate of drug-likeness (QED) is 0.656. The summed E-state index contributed by atoms with van der Waals surface area (Å²) in [6, 6.07) is 6.95. The predicted molar refractivity (Wildman–Crippen MR) is 102 cm³/mol. The molecule has 0 bridgehead atoms. The van der Waals surface area contributed by atoms with Crippen molar-refractivity contribution in [3.8, 4) is 0 Å². The third-order valence-corrected chi connectivity index (χ3v) is 4.46. The van der Waals surface area contributed by atoms with E-state index in [0.717, 1.165) is 10.9 Å². The lowest BCUT2D eigenvalue weighted by Crippen LogP contribution is -2.39. The summed E-state index contributed by atoms with van der Waals surface area (Å²) in [5.41, 5.74) is 1.42. The molecule has 0 aliphatic carbocycles. The highest BCUT2D eigenvalue weighted by atomic mass is 16.4. The summed E-state index contributed by atoms with van der Waals surface area (Å²) < 4.78 is 1.17. The largest absolute Gasteiger partial charge is 0.481 e. The third kappa shape index (κ3) is 5.32. The standard InChI is InChI=1S/C20H26N2O5/c1-12(2)8-14(10-18(23)24)19(25)21-13(3)9-15-11-22(20(26)27)17-7-5-4-6-16(15)17/h4-7,11-14H,8-10H2,1-3H3,(H,21,25)(H,23,24)(H,26,27)/t13-,14-/m1/s1. The highest BCUT2D eigenvalue weighted by Gasteiger charge is 2.24. The first-order valence-corrected chi connectivity index (χ1v) is 9.03. The summed E-state index contributed by atoms with van der Waals surface area (Å²) in [5, 5.41) is 22.1. The average Bonchev–Trinajstić information content (AvgIpc) is 2.92. The molecule has 2 rings (SSSR count). The van der Waals surface area contributed by atoms with Crippen LogP contribution in [0.15, 0.2) is 30.5 Å². The van der Waals surface area contributed by atoms with Crippen molar-refractivity contribution >= 4 is 28.9 Å². The number of carboxylic acid groups (broad SMARTS) is 2. The smallest absolute Gasteiger partial charge is 0.416 e. The second-order valence-electron chi connectivity index (χ2n) is 7.36. The Kier molecular flexibility index (Phi) is 6.60. The monoisotopic (exact) mass is 374 g/mol. The van der Waals surface area contributed by atoms with Gasteiger partial charge in [-0.3, -0.25) is 14.2 Å². The van der Waals surface area contributed by atoms with Gasteiger partial charge in [-0.1, -0.05) is 32.0 Å². The number of carbonyl (C=O) groups is 3. The van der Waals surface area contributed by atoms with E-state index in [1.165, 1.54) is 4.57 Å². The molecular weight excluding hydrogens is 348 g/mol. The number of hydrogen-bond donors (Lipinski definition) is 3. The molecule has 0 aliphatic heterocycles. The number of carboxylic acids is 1. The molecule has 1 aromatic heterocycles. The summed E-state index contributed by atoms with van der Waals surface area (Å²) in [6.45, 7) is 5.73. The number of nitrogens with zero attached hydrogens (tertiary/aromatic N) is 1. The molecule has 0 radical (unpaired) electrons. The Morgan fingerprint density at radius 2 is 1.78 bits per heavy atom. The Morgan fingerprint density at radius 1 is 1.11 bits per heavy atom. The van der Waals surface area contributed by atoms with Crippen LogP contribution in [-0.2, 0) is 16.0 Å². The summed E-state index contributed by atoms with van der Waals surface area (Å²) in [6.07, 6.45) is 1.26. The van der Waals surface area contributed by atoms with Crippen LogP contribution in [0, 0.1) is 11.8 Å². The highest BCUT2D eigenvalue weighted by molar-refractivity contribution is 5.91. The molecule has 27 heavy (non-hydrogen) atoms. The lowest BCUT2D eigenvalue weighted by molar-refractivity contribution is -0.141. The van der Waals surface area contributed by atoms with Crippen LogP contribution in [0.2, 0.25) is 0 Å². The topological polar surface area (TPSA) is 109 Å². The number of fused-ring (bicyclic) bond motifs is 1. The van der Waals surface area contributed by atoms with Gasteiger partial charge in [0.1, 0.15) is 0 Å². The van der Waals surface area contributed by atoms with Crippen molar-refractivity contribution in [3.63, 3.8) is 0 Å². The first-order valence-electron chi connectivity index (χ1n) is 9.03. The Bertz CT molecular complexity index is 840. The number of benzene rings is 1. The van der Waals surface area contributed by atoms with E-state index in [4.69, 9.17) is 5.11 Å². The second-order valence-corrected chi connectivity index (χ2v) is 7.36. The summed E-state index contributed by atoms with van der Waals surface area (Å²) in [5.74, 6) is -1.64. The highest BCUT2D eigenvalue weighted by Crippen LogP contribution is 2.23. The molecule has 0 spiro atoms. The minimum atomic E-state index is -1.06. The third-order valence-electron chi connectivity index (χ3n) is 4.46. The number of carbonyl (C=O) groups excluding carboxylic acids is 1. The number of aliphatic carboxylic acids is 1. The molecule has 7 nitrogen and oxygen atoms in total. The van der Waals surface area contributed by atoms with Crippen molar-refractivity contribution in [2.75, 3.05) is 0 Å². The number of amides is 1. The summed E-state index contributed by atoms with van der Waals surface area (Å²) in [7, 11) is 0. The number of aromatic nitrogens is 1. The molecular formula is C20H26N2O5. The Labute approximate surface area is 158 Å². The van der Waals surface area contributed by atoms with Crippen molar-refractivity contribution in [3.05, 3.63) is 36.0 Å². The first-order chi connectivity index (χ1) is 12.7. The van der Waals surface area contributed by atoms with Crippen molar-refractivity contribution in [1.29, 1.82) is 0 Å². The van der Waals surface area contributed by atoms with Crippen LogP contribution < -0.4 is 5.32 Å². The van der Waals surface area contributed by atoms with Gasteiger partial charge in [0.05, 0.1) is 11.9 Å². The average molecular weight is 374 g/mol. The molecule has 1 aromatic carbocycles. The van der Waals surface area contributed by atoms with Gasteiger partial charge in [0.15, 0.2) is 0 Å². The first kappa shape index (κ1) is 20.5. The molecule has 2 atom stereocenters. The molecule has 0 saturated heterocycles. The molecule has 0 saturated carbocycles. The Morgan fingerprint density at radius 3 is 2.37 bits per heavy atom. The molecule has 0 unspecified atom stereocenters. The maximum atomic E-state index is 12.5. The molecule has 3 N–H and O–H groups in total. The van der Waals surface area contributed by atoms with Gasteiger partial charge in [0.2, 0.25) is 5.91 Å². The maximum Gasteiger partial charge on any atom is 0.416 e. The van der Waals surface area contributed by atoms with Crippen molar-refractivity contribution in [2.24, 2.45) is 11.8 Å². The van der Waals surface area contributed by atoms with Crippen LogP contribution in [-0.4, -0.2) is 38.8 Å². The molecule has 1 heterocycles. The van der Waals surface area contributed by atoms with E-state index in [0.29, 0.717) is 18.4 Å². The van der Waals surface area contributed by atoms with E-state index in [2.05, 4.69) is 5.32 Å². The van der Waals surface area contributed by atoms with Crippen LogP contribution in [0.3, 0.4) is 0 Å². The minimum absolute atomic E-state index is 0.199. The van der Waals surface area contributed by atoms with Crippen LogP contribution in [0.1, 0.15) is 39.2 Å². The number of hydrogen-bond acceptors (Lipinski definition) is 3. The van der Waals surface area contributed by atoms with Crippen molar-refractivity contribution in [2.45, 2.75) is 46.1 Å².